The smallest absolute Gasteiger partial charge is 0.407 e. The molecular weight excluding hydrogens is 943 g/mol. The molecule has 10 rings (SSSR count). The van der Waals surface area contributed by atoms with Gasteiger partial charge in [-0.1, -0.05) is 98.8 Å². The molecule has 386 valence electrons. The van der Waals surface area contributed by atoms with Gasteiger partial charge in [0.15, 0.2) is 29.2 Å². The number of benzene rings is 3. The van der Waals surface area contributed by atoms with Gasteiger partial charge in [-0.25, -0.2) is 4.79 Å². The summed E-state index contributed by atoms with van der Waals surface area (Å²) in [6.07, 6.45) is 9.41. The zero-order valence-electron chi connectivity index (χ0n) is 41.7. The number of ketones is 3. The van der Waals surface area contributed by atoms with Gasteiger partial charge in [0.1, 0.15) is 19.8 Å². The Kier molecular flexibility index (Phi) is 14.1. The van der Waals surface area contributed by atoms with Crippen LogP contribution in [0.3, 0.4) is 0 Å². The molecule has 3 saturated carbocycles. The van der Waals surface area contributed by atoms with E-state index in [0.29, 0.717) is 24.2 Å². The van der Waals surface area contributed by atoms with E-state index in [1.165, 1.54) is 6.08 Å². The molecule has 4 fully saturated rings. The quantitative estimate of drug-likeness (QED) is 0.0559. The van der Waals surface area contributed by atoms with Crippen molar-refractivity contribution >= 4 is 41.0 Å². The van der Waals surface area contributed by atoms with Crippen molar-refractivity contribution in [3.05, 3.63) is 150 Å². The molecule has 3 aromatic carbocycles. The summed E-state index contributed by atoms with van der Waals surface area (Å²) < 4.78 is 26.1. The number of aromatic nitrogens is 1. The molecule has 2 heterocycles. The minimum atomic E-state index is -1.47. The van der Waals surface area contributed by atoms with E-state index in [-0.39, 0.29) is 74.9 Å². The Balaban J connectivity index is 0.749. The second kappa shape index (κ2) is 20.5. The molecule has 0 radical (unpaired) electrons. The van der Waals surface area contributed by atoms with Gasteiger partial charge in [0.2, 0.25) is 5.91 Å². The number of aliphatic hydroxyl groups excluding tert-OH is 2. The van der Waals surface area contributed by atoms with Gasteiger partial charge in [-0.2, -0.15) is 0 Å². The Bertz CT molecular complexity index is 2900. The summed E-state index contributed by atoms with van der Waals surface area (Å²) in [6.45, 7) is 7.12. The number of alkyl carbamates (subject to hydrolysis) is 1. The topological polar surface area (TPSA) is 209 Å². The van der Waals surface area contributed by atoms with Crippen molar-refractivity contribution in [3.63, 3.8) is 0 Å². The average molecular weight is 1010 g/mol. The van der Waals surface area contributed by atoms with Gasteiger partial charge in [-0.15, -0.1) is 0 Å². The summed E-state index contributed by atoms with van der Waals surface area (Å²) in [5, 5.41) is 27.8. The van der Waals surface area contributed by atoms with Crippen LogP contribution in [0.15, 0.2) is 128 Å². The fourth-order valence-corrected chi connectivity index (χ4v) is 13.7. The van der Waals surface area contributed by atoms with Crippen LogP contribution >= 0.6 is 0 Å². The Morgan fingerprint density at radius 2 is 1.70 bits per heavy atom. The number of ether oxygens (including phenoxy) is 4. The molecule has 5 aliphatic carbocycles. The number of esters is 1. The fourth-order valence-electron chi connectivity index (χ4n) is 13.7. The summed E-state index contributed by atoms with van der Waals surface area (Å²) in [5.74, 6) is -3.10. The first-order valence-corrected chi connectivity index (χ1v) is 25.7. The molecule has 6 aliphatic rings. The molecule has 0 unspecified atom stereocenters. The number of rotatable bonds is 18. The molecule has 10 atom stereocenters. The molecule has 15 nitrogen and oxygen atoms in total. The second-order valence-electron chi connectivity index (χ2n) is 21.3. The zero-order valence-corrected chi connectivity index (χ0v) is 41.7. The zero-order chi connectivity index (χ0) is 51.9. The lowest BCUT2D eigenvalue weighted by molar-refractivity contribution is -0.201. The van der Waals surface area contributed by atoms with Crippen molar-refractivity contribution in [2.75, 3.05) is 31.7 Å². The molecule has 74 heavy (non-hydrogen) atoms. The van der Waals surface area contributed by atoms with E-state index in [9.17, 15) is 39.0 Å². The fraction of sp³-hybridized carbons (Fsp3) is 0.424. The van der Waals surface area contributed by atoms with E-state index < -0.39 is 77.0 Å². The summed E-state index contributed by atoms with van der Waals surface area (Å²) in [4.78, 5) is 78.7. The molecule has 1 aromatic heterocycles. The standard InChI is InChI=1S/C59H63N3O12/c1-4-25-71-52(68)20-15-36(26-41(65)30-60-56(70)72-34-47-44-11-7-5-9-42(44)43-10-6-8-12-45(43)47)54(69)61-39-17-13-35(14-18-39)31-62-24-22-37(32-62)55-73-51-28-48-46-19-16-38-27-40(64)21-23-57(38,2)53(46)49(66)29-58(48,3)59(51,74-55)50(67)33-63/h4-14,17-18,21-24,27,32,36,46-49,51,53,55,63,66H,1,15-16,19-20,25-26,28-31,33-34H2,2-3H3,(H,60,70)(H,61,69)/t36-,46+,48+,49+,51-,53-,55-,57+,58+,59-/m1/s1. The highest BCUT2D eigenvalue weighted by Crippen LogP contribution is 2.70. The molecule has 2 amide bonds. The number of allylic oxidation sites excluding steroid dienone is 4. The highest BCUT2D eigenvalue weighted by molar-refractivity contribution is 6.01. The Hall–Kier alpha value is -6.78. The maximum atomic E-state index is 14.0. The number of hydrogen-bond donors (Lipinski definition) is 4. The van der Waals surface area contributed by atoms with Crippen LogP contribution in [0.5, 0.6) is 0 Å². The number of carbonyl (C=O) groups excluding carboxylic acids is 6. The van der Waals surface area contributed by atoms with Gasteiger partial charge in [0, 0.05) is 71.6 Å². The molecule has 1 saturated heterocycles. The minimum Gasteiger partial charge on any atom is -0.461 e. The van der Waals surface area contributed by atoms with Crippen LogP contribution < -0.4 is 10.6 Å². The molecule has 1 aliphatic heterocycles. The maximum absolute atomic E-state index is 14.0. The van der Waals surface area contributed by atoms with Gasteiger partial charge >= 0.3 is 12.1 Å². The van der Waals surface area contributed by atoms with Crippen molar-refractivity contribution in [1.29, 1.82) is 0 Å². The van der Waals surface area contributed by atoms with Crippen LogP contribution in [0.4, 0.5) is 10.5 Å². The van der Waals surface area contributed by atoms with Crippen molar-refractivity contribution in [1.82, 2.24) is 9.88 Å². The van der Waals surface area contributed by atoms with Crippen molar-refractivity contribution < 1.29 is 57.9 Å². The Morgan fingerprint density at radius 3 is 2.42 bits per heavy atom. The summed E-state index contributed by atoms with van der Waals surface area (Å²) in [5.41, 5.74) is 4.65. The predicted octanol–water partition coefficient (Wildman–Crippen LogP) is 7.70. The van der Waals surface area contributed by atoms with Crippen LogP contribution in [0, 0.1) is 34.5 Å². The maximum Gasteiger partial charge on any atom is 0.407 e. The third-order valence-electron chi connectivity index (χ3n) is 17.1. The van der Waals surface area contributed by atoms with Gasteiger partial charge in [0.05, 0.1) is 18.8 Å². The van der Waals surface area contributed by atoms with Gasteiger partial charge in [-0.05, 0) is 102 Å². The average Bonchev–Trinajstić information content (AvgIpc) is 4.16. The molecular formula is C59H63N3O12. The van der Waals surface area contributed by atoms with Crippen LogP contribution in [0.2, 0.25) is 0 Å². The van der Waals surface area contributed by atoms with Crippen molar-refractivity contribution in [2.45, 2.75) is 95.4 Å². The normalized spacial score (nSPS) is 28.5. The SMILES string of the molecule is C=CCOC(=O)CC[C@H](CC(=O)CNC(=O)OCC1c2ccccc2-c2ccccc21)C(=O)Nc1ccc(Cn2ccc([C@@H]3O[C@@H]4C[C@H]5[C@@H]6CCC7=CC(=O)C=C[C@]7(C)[C@H]6[C@@H](O)C[C@]5(C)[C@]4(C(=O)CO)O3)c2)cc1. The summed E-state index contributed by atoms with van der Waals surface area (Å²) >= 11 is 0. The number of hydrogen-bond acceptors (Lipinski definition) is 12. The molecule has 0 spiro atoms. The van der Waals surface area contributed by atoms with Crippen LogP contribution in [0.25, 0.3) is 11.1 Å². The van der Waals surface area contributed by atoms with E-state index >= 15 is 0 Å². The van der Waals surface area contributed by atoms with Gasteiger partial charge < -0.3 is 44.4 Å². The van der Waals surface area contributed by atoms with E-state index in [2.05, 4.69) is 24.1 Å². The van der Waals surface area contributed by atoms with Crippen LogP contribution in [-0.2, 0) is 49.5 Å². The Labute approximate surface area is 430 Å². The first-order chi connectivity index (χ1) is 35.6. The van der Waals surface area contributed by atoms with Crippen LogP contribution in [-0.4, -0.2) is 94.3 Å². The van der Waals surface area contributed by atoms with Crippen molar-refractivity contribution in [2.24, 2.45) is 34.5 Å². The van der Waals surface area contributed by atoms with E-state index in [1.54, 1.807) is 24.3 Å². The highest BCUT2D eigenvalue weighted by Gasteiger charge is 2.76. The summed E-state index contributed by atoms with van der Waals surface area (Å²) in [7, 11) is 0. The lowest BCUT2D eigenvalue weighted by atomic mass is 9.46. The van der Waals surface area contributed by atoms with E-state index in [1.807, 2.05) is 96.7 Å². The highest BCUT2D eigenvalue weighted by atomic mass is 16.7. The monoisotopic (exact) mass is 1010 g/mol. The second-order valence-corrected chi connectivity index (χ2v) is 21.3. The largest absolute Gasteiger partial charge is 0.461 e. The van der Waals surface area contributed by atoms with E-state index in [4.69, 9.17) is 18.9 Å². The third-order valence-corrected chi connectivity index (χ3v) is 17.1. The number of fused-ring (bicyclic) bond motifs is 10. The number of Topliss-reactive ketones (excluding diaryl/α,β-unsaturated/α-hetero) is 2. The number of nitrogens with one attached hydrogen (secondary N) is 2. The van der Waals surface area contributed by atoms with E-state index in [0.717, 1.165) is 46.2 Å². The number of amides is 2. The number of aliphatic hydroxyl groups is 2. The van der Waals surface area contributed by atoms with Crippen molar-refractivity contribution in [3.8, 4) is 11.1 Å². The number of carbonyl (C=O) groups is 6. The Morgan fingerprint density at radius 1 is 0.973 bits per heavy atom. The third kappa shape index (κ3) is 9.18. The minimum absolute atomic E-state index is 0.0142. The molecule has 15 heteroatoms. The molecule has 4 aromatic rings. The first kappa shape index (κ1) is 50.7. The predicted molar refractivity (Wildman–Crippen MR) is 272 cm³/mol. The molecule has 4 N–H and O–H groups in total. The van der Waals surface area contributed by atoms with Crippen LogP contribution in [0.1, 0.15) is 93.3 Å². The van der Waals surface area contributed by atoms with Gasteiger partial charge in [0.25, 0.3) is 0 Å². The number of anilines is 1. The first-order valence-electron chi connectivity index (χ1n) is 25.7. The van der Waals surface area contributed by atoms with Gasteiger partial charge in [-0.3, -0.25) is 24.0 Å². The number of nitrogens with zero attached hydrogens (tertiary/aromatic N) is 1. The lowest BCUT2D eigenvalue weighted by Crippen LogP contribution is -2.63. The lowest BCUT2D eigenvalue weighted by Gasteiger charge is -2.59. The molecule has 0 bridgehead atoms. The summed E-state index contributed by atoms with van der Waals surface area (Å²) in [6, 6.07) is 25.0.